The summed E-state index contributed by atoms with van der Waals surface area (Å²) in [5, 5.41) is 0. The molecule has 0 aliphatic carbocycles. The van der Waals surface area contributed by atoms with E-state index < -0.39 is 0 Å². The molecule has 0 atom stereocenters. The maximum Gasteiger partial charge on any atom is 0.228 e. The molecule has 2 aromatic carbocycles. The van der Waals surface area contributed by atoms with Crippen LogP contribution < -0.4 is 19.3 Å². The van der Waals surface area contributed by atoms with Crippen molar-refractivity contribution in [2.45, 2.75) is 26.2 Å². The lowest BCUT2D eigenvalue weighted by Gasteiger charge is -2.30. The highest BCUT2D eigenvalue weighted by atomic mass is 16.5. The number of para-hydroxylation sites is 1. The van der Waals surface area contributed by atoms with Gasteiger partial charge in [-0.1, -0.05) is 18.2 Å². The fourth-order valence-corrected chi connectivity index (χ4v) is 3.59. The number of carbonyl (C=O) groups is 2. The van der Waals surface area contributed by atoms with E-state index in [9.17, 15) is 9.59 Å². The SMILES string of the molecule is COc1ccc(OC)c(N(CCC(=O)N2CCCc3ccccc32)C(C)=O)c1. The van der Waals surface area contributed by atoms with Gasteiger partial charge in [0.15, 0.2) is 0 Å². The first-order chi connectivity index (χ1) is 13.5. The molecule has 2 amide bonds. The average molecular weight is 382 g/mol. The van der Waals surface area contributed by atoms with Gasteiger partial charge < -0.3 is 19.3 Å². The van der Waals surface area contributed by atoms with Crippen LogP contribution in [0.15, 0.2) is 42.5 Å². The summed E-state index contributed by atoms with van der Waals surface area (Å²) in [5.74, 6) is 1.05. The van der Waals surface area contributed by atoms with Gasteiger partial charge in [-0.3, -0.25) is 9.59 Å². The summed E-state index contributed by atoms with van der Waals surface area (Å²) in [5.41, 5.74) is 2.77. The topological polar surface area (TPSA) is 59.1 Å². The Labute approximate surface area is 165 Å². The van der Waals surface area contributed by atoms with Gasteiger partial charge in [0.25, 0.3) is 0 Å². The predicted molar refractivity (Wildman–Crippen MR) is 109 cm³/mol. The van der Waals surface area contributed by atoms with E-state index in [0.29, 0.717) is 23.7 Å². The van der Waals surface area contributed by atoms with Gasteiger partial charge in [-0.2, -0.15) is 0 Å². The van der Waals surface area contributed by atoms with Gasteiger partial charge in [0.05, 0.1) is 19.9 Å². The molecule has 3 rings (SSSR count). The van der Waals surface area contributed by atoms with Gasteiger partial charge in [0.2, 0.25) is 11.8 Å². The van der Waals surface area contributed by atoms with Gasteiger partial charge in [-0.25, -0.2) is 0 Å². The molecule has 0 fully saturated rings. The van der Waals surface area contributed by atoms with Crippen LogP contribution in [0.25, 0.3) is 0 Å². The van der Waals surface area contributed by atoms with Crippen LogP contribution in [0.4, 0.5) is 11.4 Å². The minimum absolute atomic E-state index is 0.0141. The first kappa shape index (κ1) is 19.7. The van der Waals surface area contributed by atoms with Gasteiger partial charge in [0, 0.05) is 38.2 Å². The third kappa shape index (κ3) is 4.11. The number of carbonyl (C=O) groups excluding carboxylic acids is 2. The largest absolute Gasteiger partial charge is 0.497 e. The van der Waals surface area contributed by atoms with Gasteiger partial charge in [0.1, 0.15) is 11.5 Å². The van der Waals surface area contributed by atoms with Crippen molar-refractivity contribution in [3.05, 3.63) is 48.0 Å². The number of aryl methyl sites for hydroxylation is 1. The Morgan fingerprint density at radius 2 is 1.89 bits per heavy atom. The molecule has 1 heterocycles. The number of hydrogen-bond acceptors (Lipinski definition) is 4. The molecule has 0 bridgehead atoms. The zero-order valence-electron chi connectivity index (χ0n) is 16.6. The average Bonchev–Trinajstić information content (AvgIpc) is 2.72. The highest BCUT2D eigenvalue weighted by molar-refractivity contribution is 5.97. The monoisotopic (exact) mass is 382 g/mol. The molecule has 0 saturated heterocycles. The smallest absolute Gasteiger partial charge is 0.228 e. The van der Waals surface area contributed by atoms with E-state index in [1.165, 1.54) is 12.5 Å². The second-order valence-electron chi connectivity index (χ2n) is 6.74. The summed E-state index contributed by atoms with van der Waals surface area (Å²) in [4.78, 5) is 28.6. The van der Waals surface area contributed by atoms with Crippen molar-refractivity contribution in [1.82, 2.24) is 0 Å². The van der Waals surface area contributed by atoms with Gasteiger partial charge in [-0.05, 0) is 36.6 Å². The van der Waals surface area contributed by atoms with Crippen LogP contribution in [0.5, 0.6) is 11.5 Å². The Bertz CT molecular complexity index is 865. The Kier molecular flexibility index (Phi) is 6.19. The summed E-state index contributed by atoms with van der Waals surface area (Å²) in [6.07, 6.45) is 2.16. The summed E-state index contributed by atoms with van der Waals surface area (Å²) in [7, 11) is 3.13. The zero-order valence-corrected chi connectivity index (χ0v) is 16.6. The number of methoxy groups -OCH3 is 2. The van der Waals surface area contributed by atoms with Crippen molar-refractivity contribution in [3.8, 4) is 11.5 Å². The Morgan fingerprint density at radius 1 is 1.11 bits per heavy atom. The van der Waals surface area contributed by atoms with E-state index in [1.807, 2.05) is 23.1 Å². The molecular formula is C22H26N2O4. The Balaban J connectivity index is 1.78. The van der Waals surface area contributed by atoms with Gasteiger partial charge >= 0.3 is 0 Å². The van der Waals surface area contributed by atoms with E-state index in [-0.39, 0.29) is 24.8 Å². The molecule has 148 valence electrons. The number of nitrogens with zero attached hydrogens (tertiary/aromatic N) is 2. The number of rotatable bonds is 6. The lowest BCUT2D eigenvalue weighted by Crippen LogP contribution is -2.39. The molecule has 2 aromatic rings. The van der Waals surface area contributed by atoms with E-state index in [2.05, 4.69) is 6.07 Å². The van der Waals surface area contributed by atoms with Crippen molar-refractivity contribution in [2.24, 2.45) is 0 Å². The molecule has 0 spiro atoms. The number of amides is 2. The third-order valence-electron chi connectivity index (χ3n) is 5.02. The molecule has 0 N–H and O–H groups in total. The first-order valence-electron chi connectivity index (χ1n) is 9.43. The summed E-state index contributed by atoms with van der Waals surface area (Å²) >= 11 is 0. The predicted octanol–water partition coefficient (Wildman–Crippen LogP) is 3.43. The Hall–Kier alpha value is -3.02. The molecule has 0 saturated carbocycles. The number of ether oxygens (including phenoxy) is 2. The maximum absolute atomic E-state index is 12.9. The molecule has 0 aromatic heterocycles. The number of fused-ring (bicyclic) bond motifs is 1. The van der Waals surface area contributed by atoms with E-state index >= 15 is 0 Å². The van der Waals surface area contributed by atoms with Crippen molar-refractivity contribution in [1.29, 1.82) is 0 Å². The van der Waals surface area contributed by atoms with Crippen LogP contribution in [0.1, 0.15) is 25.3 Å². The minimum Gasteiger partial charge on any atom is -0.497 e. The van der Waals surface area contributed by atoms with Crippen molar-refractivity contribution in [2.75, 3.05) is 37.1 Å². The van der Waals surface area contributed by atoms with Gasteiger partial charge in [-0.15, -0.1) is 0 Å². The molecule has 6 heteroatoms. The first-order valence-corrected chi connectivity index (χ1v) is 9.43. The van der Waals surface area contributed by atoms with Crippen LogP contribution >= 0.6 is 0 Å². The van der Waals surface area contributed by atoms with Crippen LogP contribution in [0.3, 0.4) is 0 Å². The molecule has 1 aliphatic heterocycles. The minimum atomic E-state index is -0.154. The molecule has 6 nitrogen and oxygen atoms in total. The number of benzene rings is 2. The number of hydrogen-bond donors (Lipinski definition) is 0. The van der Waals surface area contributed by atoms with Crippen LogP contribution in [0.2, 0.25) is 0 Å². The highest BCUT2D eigenvalue weighted by Gasteiger charge is 2.24. The third-order valence-corrected chi connectivity index (χ3v) is 5.02. The quantitative estimate of drug-likeness (QED) is 0.768. The van der Waals surface area contributed by atoms with Crippen LogP contribution in [-0.4, -0.2) is 39.1 Å². The normalized spacial score (nSPS) is 12.9. The second-order valence-corrected chi connectivity index (χ2v) is 6.74. The van der Waals surface area contributed by atoms with E-state index in [1.54, 1.807) is 37.3 Å². The van der Waals surface area contributed by atoms with Crippen molar-refractivity contribution < 1.29 is 19.1 Å². The van der Waals surface area contributed by atoms with E-state index in [4.69, 9.17) is 9.47 Å². The molecule has 28 heavy (non-hydrogen) atoms. The molecular weight excluding hydrogens is 356 g/mol. The summed E-state index contributed by atoms with van der Waals surface area (Å²) in [6, 6.07) is 13.3. The van der Waals surface area contributed by atoms with Crippen molar-refractivity contribution in [3.63, 3.8) is 0 Å². The molecule has 1 aliphatic rings. The zero-order chi connectivity index (χ0) is 20.1. The van der Waals surface area contributed by atoms with Crippen LogP contribution in [-0.2, 0) is 16.0 Å². The standard InChI is InChI=1S/C22H26N2O4/c1-16(25)23(20-15-18(27-2)10-11-21(20)28-3)14-12-22(26)24-13-6-8-17-7-4-5-9-19(17)24/h4-5,7,9-11,15H,6,8,12-14H2,1-3H3. The number of anilines is 2. The summed E-state index contributed by atoms with van der Waals surface area (Å²) < 4.78 is 10.7. The lowest BCUT2D eigenvalue weighted by molar-refractivity contribution is -0.118. The maximum atomic E-state index is 12.9. The fourth-order valence-electron chi connectivity index (χ4n) is 3.59. The lowest BCUT2D eigenvalue weighted by atomic mass is 10.0. The molecule has 0 unspecified atom stereocenters. The Morgan fingerprint density at radius 3 is 2.61 bits per heavy atom. The highest BCUT2D eigenvalue weighted by Crippen LogP contribution is 2.33. The fraction of sp³-hybridized carbons (Fsp3) is 0.364. The van der Waals surface area contributed by atoms with Crippen molar-refractivity contribution >= 4 is 23.2 Å². The van der Waals surface area contributed by atoms with E-state index in [0.717, 1.165) is 18.5 Å². The van der Waals surface area contributed by atoms with Crippen LogP contribution in [0, 0.1) is 0 Å². The summed E-state index contributed by atoms with van der Waals surface area (Å²) in [6.45, 7) is 2.47. The second kappa shape index (κ2) is 8.78. The molecule has 0 radical (unpaired) electrons.